The second-order valence-electron chi connectivity index (χ2n) is 4.97. The molecule has 1 aromatic rings. The molecule has 2 fully saturated rings. The van der Waals surface area contributed by atoms with E-state index in [0.29, 0.717) is 12.6 Å². The zero-order valence-electron chi connectivity index (χ0n) is 10.5. The first-order valence-corrected chi connectivity index (χ1v) is 8.62. The molecule has 3 unspecified atom stereocenters. The van der Waals surface area contributed by atoms with Crippen LogP contribution < -0.4 is 5.32 Å². The molecular formula is C13H18N2OS2. The highest BCUT2D eigenvalue weighted by Crippen LogP contribution is 2.36. The SMILES string of the molecule is CSC1CCC(N2C(=O)CNC2c2ccsc2)C1. The number of thiophene rings is 1. The predicted octanol–water partition coefficient (Wildman–Crippen LogP) is 2.46. The second kappa shape index (κ2) is 5.23. The summed E-state index contributed by atoms with van der Waals surface area (Å²) in [6.07, 6.45) is 5.82. The summed E-state index contributed by atoms with van der Waals surface area (Å²) < 4.78 is 0. The van der Waals surface area contributed by atoms with Gasteiger partial charge in [-0.15, -0.1) is 0 Å². The molecule has 18 heavy (non-hydrogen) atoms. The topological polar surface area (TPSA) is 32.3 Å². The lowest BCUT2D eigenvalue weighted by Gasteiger charge is -2.30. The summed E-state index contributed by atoms with van der Waals surface area (Å²) in [4.78, 5) is 14.2. The molecule has 1 saturated heterocycles. The summed E-state index contributed by atoms with van der Waals surface area (Å²) in [6, 6.07) is 2.55. The zero-order valence-corrected chi connectivity index (χ0v) is 12.1. The van der Waals surface area contributed by atoms with E-state index in [1.165, 1.54) is 12.0 Å². The third-order valence-electron chi connectivity index (χ3n) is 3.96. The molecule has 1 aromatic heterocycles. The van der Waals surface area contributed by atoms with Crippen LogP contribution in [-0.2, 0) is 4.79 Å². The Hall–Kier alpha value is -0.520. The number of nitrogens with one attached hydrogen (secondary N) is 1. The quantitative estimate of drug-likeness (QED) is 0.924. The van der Waals surface area contributed by atoms with Gasteiger partial charge in [0.25, 0.3) is 0 Å². The highest BCUT2D eigenvalue weighted by Gasteiger charge is 2.39. The average molecular weight is 282 g/mol. The van der Waals surface area contributed by atoms with E-state index in [1.54, 1.807) is 11.3 Å². The highest BCUT2D eigenvalue weighted by molar-refractivity contribution is 7.99. The van der Waals surface area contributed by atoms with E-state index in [2.05, 4.69) is 33.3 Å². The van der Waals surface area contributed by atoms with E-state index in [1.807, 2.05) is 11.8 Å². The molecule has 1 aliphatic carbocycles. The van der Waals surface area contributed by atoms with Crippen molar-refractivity contribution in [3.8, 4) is 0 Å². The maximum Gasteiger partial charge on any atom is 0.238 e. The van der Waals surface area contributed by atoms with Crippen LogP contribution >= 0.6 is 23.1 Å². The normalized spacial score (nSPS) is 32.4. The molecule has 2 aliphatic rings. The summed E-state index contributed by atoms with van der Waals surface area (Å²) in [6.45, 7) is 0.487. The van der Waals surface area contributed by atoms with Gasteiger partial charge in [0, 0.05) is 11.3 Å². The summed E-state index contributed by atoms with van der Waals surface area (Å²) >= 11 is 3.63. The Balaban J connectivity index is 1.78. The molecule has 1 saturated carbocycles. The van der Waals surface area contributed by atoms with Gasteiger partial charge in [0.2, 0.25) is 5.91 Å². The number of carbonyl (C=O) groups is 1. The Bertz CT molecular complexity index is 421. The monoisotopic (exact) mass is 282 g/mol. The lowest BCUT2D eigenvalue weighted by atomic mass is 10.1. The first-order chi connectivity index (χ1) is 8.79. The van der Waals surface area contributed by atoms with Crippen molar-refractivity contribution < 1.29 is 4.79 Å². The Morgan fingerprint density at radius 2 is 2.39 bits per heavy atom. The molecule has 1 amide bonds. The van der Waals surface area contributed by atoms with E-state index < -0.39 is 0 Å². The molecule has 0 bridgehead atoms. The maximum absolute atomic E-state index is 12.1. The van der Waals surface area contributed by atoms with Crippen molar-refractivity contribution in [3.05, 3.63) is 22.4 Å². The van der Waals surface area contributed by atoms with Crippen molar-refractivity contribution >= 4 is 29.0 Å². The molecular weight excluding hydrogens is 264 g/mol. The van der Waals surface area contributed by atoms with Crippen LogP contribution in [0, 0.1) is 0 Å². The minimum atomic E-state index is 0.106. The van der Waals surface area contributed by atoms with Crippen LogP contribution in [-0.4, -0.2) is 34.9 Å². The molecule has 3 nitrogen and oxygen atoms in total. The van der Waals surface area contributed by atoms with Crippen molar-refractivity contribution in [3.63, 3.8) is 0 Å². The Labute approximate surface area is 116 Å². The van der Waals surface area contributed by atoms with E-state index in [-0.39, 0.29) is 12.1 Å². The average Bonchev–Trinajstić information content (AvgIpc) is 3.07. The van der Waals surface area contributed by atoms with Gasteiger partial charge >= 0.3 is 0 Å². The molecule has 1 aliphatic heterocycles. The number of carbonyl (C=O) groups excluding carboxylic acids is 1. The van der Waals surface area contributed by atoms with Crippen LogP contribution in [0.4, 0.5) is 0 Å². The first kappa shape index (κ1) is 12.5. The van der Waals surface area contributed by atoms with Gasteiger partial charge in [0.05, 0.1) is 6.54 Å². The summed E-state index contributed by atoms with van der Waals surface area (Å²) in [5.74, 6) is 0.262. The summed E-state index contributed by atoms with van der Waals surface area (Å²) in [5.41, 5.74) is 1.23. The summed E-state index contributed by atoms with van der Waals surface area (Å²) in [7, 11) is 0. The van der Waals surface area contributed by atoms with E-state index in [0.717, 1.165) is 18.1 Å². The number of hydrogen-bond acceptors (Lipinski definition) is 4. The second-order valence-corrected chi connectivity index (χ2v) is 6.88. The Morgan fingerprint density at radius 3 is 3.06 bits per heavy atom. The van der Waals surface area contributed by atoms with Crippen LogP contribution in [0.15, 0.2) is 16.8 Å². The van der Waals surface area contributed by atoms with Crippen molar-refractivity contribution in [2.24, 2.45) is 0 Å². The first-order valence-electron chi connectivity index (χ1n) is 6.39. The number of nitrogens with zero attached hydrogens (tertiary/aromatic N) is 1. The number of thioether (sulfide) groups is 1. The standard InChI is InChI=1S/C13H18N2OS2/c1-17-11-3-2-10(6-11)15-12(16)7-14-13(15)9-4-5-18-8-9/h4-5,8,10-11,13-14H,2-3,6-7H2,1H3. The Kier molecular flexibility index (Phi) is 3.63. The molecule has 0 spiro atoms. The van der Waals surface area contributed by atoms with Crippen molar-refractivity contribution in [2.45, 2.75) is 36.7 Å². The van der Waals surface area contributed by atoms with Crippen molar-refractivity contribution in [2.75, 3.05) is 12.8 Å². The fourth-order valence-electron chi connectivity index (χ4n) is 3.03. The van der Waals surface area contributed by atoms with E-state index in [9.17, 15) is 4.79 Å². The van der Waals surface area contributed by atoms with Crippen molar-refractivity contribution in [1.82, 2.24) is 10.2 Å². The van der Waals surface area contributed by atoms with Gasteiger partial charge < -0.3 is 4.90 Å². The third-order valence-corrected chi connectivity index (χ3v) is 5.75. The van der Waals surface area contributed by atoms with Crippen LogP contribution in [0.3, 0.4) is 0 Å². The van der Waals surface area contributed by atoms with Crippen LogP contribution in [0.25, 0.3) is 0 Å². The molecule has 2 heterocycles. The largest absolute Gasteiger partial charge is 0.319 e. The lowest BCUT2D eigenvalue weighted by molar-refractivity contribution is -0.130. The minimum Gasteiger partial charge on any atom is -0.319 e. The highest BCUT2D eigenvalue weighted by atomic mass is 32.2. The fourth-order valence-corrected chi connectivity index (χ4v) is 4.49. The number of hydrogen-bond donors (Lipinski definition) is 1. The smallest absolute Gasteiger partial charge is 0.238 e. The van der Waals surface area contributed by atoms with E-state index >= 15 is 0 Å². The van der Waals surface area contributed by atoms with Gasteiger partial charge in [-0.05, 0) is 47.9 Å². The molecule has 1 N–H and O–H groups in total. The summed E-state index contributed by atoms with van der Waals surface area (Å²) in [5, 5.41) is 8.30. The number of rotatable bonds is 3. The predicted molar refractivity (Wildman–Crippen MR) is 76.9 cm³/mol. The lowest BCUT2D eigenvalue weighted by Crippen LogP contribution is -2.38. The van der Waals surface area contributed by atoms with Gasteiger partial charge in [-0.1, -0.05) is 0 Å². The molecule has 3 rings (SSSR count). The maximum atomic E-state index is 12.1. The number of amides is 1. The molecule has 98 valence electrons. The van der Waals surface area contributed by atoms with Gasteiger partial charge in [0.1, 0.15) is 6.17 Å². The van der Waals surface area contributed by atoms with Gasteiger partial charge in [-0.25, -0.2) is 0 Å². The molecule has 0 aromatic carbocycles. The van der Waals surface area contributed by atoms with Gasteiger partial charge in [-0.3, -0.25) is 10.1 Å². The minimum absolute atomic E-state index is 0.106. The zero-order chi connectivity index (χ0) is 12.5. The van der Waals surface area contributed by atoms with Crippen LogP contribution in [0.1, 0.15) is 31.0 Å². The fraction of sp³-hybridized carbons (Fsp3) is 0.615. The molecule has 5 heteroatoms. The van der Waals surface area contributed by atoms with Crippen LogP contribution in [0.5, 0.6) is 0 Å². The van der Waals surface area contributed by atoms with Crippen molar-refractivity contribution in [1.29, 1.82) is 0 Å². The van der Waals surface area contributed by atoms with Gasteiger partial charge in [-0.2, -0.15) is 23.1 Å². The Morgan fingerprint density at radius 1 is 1.50 bits per heavy atom. The van der Waals surface area contributed by atoms with E-state index in [4.69, 9.17) is 0 Å². The third kappa shape index (κ3) is 2.19. The molecule has 3 atom stereocenters. The van der Waals surface area contributed by atoms with Crippen LogP contribution in [0.2, 0.25) is 0 Å². The molecule has 0 radical (unpaired) electrons. The van der Waals surface area contributed by atoms with Gasteiger partial charge in [0.15, 0.2) is 0 Å².